The van der Waals surface area contributed by atoms with E-state index in [4.69, 9.17) is 11.6 Å². The predicted octanol–water partition coefficient (Wildman–Crippen LogP) is 3.42. The van der Waals surface area contributed by atoms with Crippen molar-refractivity contribution in [3.05, 3.63) is 64.9 Å². The van der Waals surface area contributed by atoms with Crippen molar-refractivity contribution < 1.29 is 22.4 Å². The van der Waals surface area contributed by atoms with Gasteiger partial charge in [0.05, 0.1) is 5.69 Å². The molecule has 35 heavy (non-hydrogen) atoms. The number of carbonyl (C=O) groups is 2. The molecule has 2 rings (SSSR count). The van der Waals surface area contributed by atoms with E-state index in [0.717, 1.165) is 10.4 Å². The first-order chi connectivity index (χ1) is 16.4. The lowest BCUT2D eigenvalue weighted by Crippen LogP contribution is -2.53. The van der Waals surface area contributed by atoms with E-state index in [1.165, 1.54) is 37.2 Å². The zero-order valence-corrected chi connectivity index (χ0v) is 22.1. The highest BCUT2D eigenvalue weighted by molar-refractivity contribution is 7.90. The molecule has 0 unspecified atom stereocenters. The van der Waals surface area contributed by atoms with Crippen LogP contribution >= 0.6 is 11.6 Å². The Labute approximate surface area is 211 Å². The fourth-order valence-corrected chi connectivity index (χ4v) is 4.51. The van der Waals surface area contributed by atoms with Gasteiger partial charge >= 0.3 is 10.2 Å². The lowest BCUT2D eigenvalue weighted by atomic mass is 10.1. The molecule has 2 atom stereocenters. The van der Waals surface area contributed by atoms with E-state index in [1.54, 1.807) is 31.2 Å². The number of hydrogen-bond acceptors (Lipinski definition) is 4. The van der Waals surface area contributed by atoms with Gasteiger partial charge in [0.1, 0.15) is 18.4 Å². The average molecular weight is 527 g/mol. The molecule has 0 aromatic heterocycles. The second-order valence-electron chi connectivity index (χ2n) is 8.39. The van der Waals surface area contributed by atoms with Crippen LogP contribution in [-0.2, 0) is 26.3 Å². The highest BCUT2D eigenvalue weighted by Gasteiger charge is 2.33. The molecule has 0 saturated heterocycles. The molecule has 0 radical (unpaired) electrons. The van der Waals surface area contributed by atoms with Crippen molar-refractivity contribution in [3.8, 4) is 0 Å². The fourth-order valence-electron chi connectivity index (χ4n) is 3.24. The lowest BCUT2D eigenvalue weighted by Gasteiger charge is -2.33. The lowest BCUT2D eigenvalue weighted by molar-refractivity contribution is -0.139. The minimum atomic E-state index is -4.23. The van der Waals surface area contributed by atoms with E-state index < -0.39 is 34.5 Å². The number of amides is 2. The first-order valence-electron chi connectivity index (χ1n) is 11.2. The van der Waals surface area contributed by atoms with Crippen LogP contribution in [0.1, 0.15) is 32.8 Å². The zero-order valence-electron chi connectivity index (χ0n) is 20.5. The van der Waals surface area contributed by atoms with Gasteiger partial charge in [-0.2, -0.15) is 12.7 Å². The molecular formula is C24H32ClFN4O4S. The molecule has 0 heterocycles. The fraction of sp³-hybridized carbons (Fsp3) is 0.417. The first-order valence-corrected chi connectivity index (χ1v) is 12.9. The largest absolute Gasteiger partial charge is 0.352 e. The molecular weight excluding hydrogens is 495 g/mol. The number of carbonyl (C=O) groups excluding carboxylic acids is 2. The third kappa shape index (κ3) is 7.39. The summed E-state index contributed by atoms with van der Waals surface area (Å²) < 4.78 is 42.3. The van der Waals surface area contributed by atoms with Crippen LogP contribution in [0, 0.1) is 5.82 Å². The Morgan fingerprint density at radius 1 is 1.09 bits per heavy atom. The van der Waals surface area contributed by atoms with E-state index in [9.17, 15) is 22.4 Å². The van der Waals surface area contributed by atoms with Gasteiger partial charge < -0.3 is 10.2 Å². The van der Waals surface area contributed by atoms with Crippen LogP contribution in [0.25, 0.3) is 0 Å². The molecule has 0 aliphatic rings. The van der Waals surface area contributed by atoms with Crippen molar-refractivity contribution >= 4 is 39.3 Å². The summed E-state index contributed by atoms with van der Waals surface area (Å²) in [6.45, 7) is 4.62. The molecule has 2 amide bonds. The van der Waals surface area contributed by atoms with Crippen LogP contribution in [0.15, 0.2) is 48.5 Å². The van der Waals surface area contributed by atoms with Crippen LogP contribution < -0.4 is 9.62 Å². The standard InChI is InChI=1S/C24H32ClFN4O4S/c1-6-17(2)27-24(32)18(3)29(15-19-10-9-11-20(25)14-19)23(31)16-30(35(33,34)28(4)5)22-13-8-7-12-21(22)26/h7-14,17-18H,6,15-16H2,1-5H3,(H,27,32)/t17-,18+/m0/s1. The van der Waals surface area contributed by atoms with Gasteiger partial charge in [-0.3, -0.25) is 9.59 Å². The van der Waals surface area contributed by atoms with Crippen molar-refractivity contribution in [1.29, 1.82) is 0 Å². The maximum Gasteiger partial charge on any atom is 0.304 e. The van der Waals surface area contributed by atoms with Gasteiger partial charge in [0.15, 0.2) is 0 Å². The highest BCUT2D eigenvalue weighted by atomic mass is 35.5. The Hall–Kier alpha value is -2.69. The quantitative estimate of drug-likeness (QED) is 0.486. The highest BCUT2D eigenvalue weighted by Crippen LogP contribution is 2.24. The van der Waals surface area contributed by atoms with Crippen molar-refractivity contribution in [2.45, 2.75) is 45.8 Å². The number of rotatable bonds is 11. The molecule has 1 N–H and O–H groups in total. The molecule has 0 bridgehead atoms. The summed E-state index contributed by atoms with van der Waals surface area (Å²) in [5, 5.41) is 3.30. The minimum absolute atomic E-state index is 0.00160. The Morgan fingerprint density at radius 2 is 1.74 bits per heavy atom. The number of hydrogen-bond donors (Lipinski definition) is 1. The molecule has 192 valence electrons. The SMILES string of the molecule is CC[C@H](C)NC(=O)[C@@H](C)N(Cc1cccc(Cl)c1)C(=O)CN(c1ccccc1F)S(=O)(=O)N(C)C. The number of benzene rings is 2. The van der Waals surface area contributed by atoms with Gasteiger partial charge in [-0.15, -0.1) is 0 Å². The monoisotopic (exact) mass is 526 g/mol. The van der Waals surface area contributed by atoms with Crippen molar-refractivity contribution in [3.63, 3.8) is 0 Å². The average Bonchev–Trinajstić information content (AvgIpc) is 2.80. The summed E-state index contributed by atoms with van der Waals surface area (Å²) in [6, 6.07) is 11.1. The Balaban J connectivity index is 2.47. The Kier molecular flexibility index (Phi) is 10.1. The smallest absolute Gasteiger partial charge is 0.304 e. The second kappa shape index (κ2) is 12.3. The van der Waals surface area contributed by atoms with Gasteiger partial charge in [0, 0.05) is 31.7 Å². The molecule has 0 spiro atoms. The summed E-state index contributed by atoms with van der Waals surface area (Å²) >= 11 is 6.10. The summed E-state index contributed by atoms with van der Waals surface area (Å²) in [5.74, 6) is -1.86. The Bertz CT molecular complexity index is 1150. The maximum atomic E-state index is 14.6. The molecule has 0 aliphatic heterocycles. The van der Waals surface area contributed by atoms with E-state index >= 15 is 0 Å². The van der Waals surface area contributed by atoms with E-state index in [-0.39, 0.29) is 24.2 Å². The molecule has 0 saturated carbocycles. The van der Waals surface area contributed by atoms with Gasteiger partial charge in [-0.25, -0.2) is 8.70 Å². The molecule has 0 fully saturated rings. The Morgan fingerprint density at radius 3 is 2.31 bits per heavy atom. The molecule has 8 nitrogen and oxygen atoms in total. The van der Waals surface area contributed by atoms with Crippen molar-refractivity contribution in [1.82, 2.24) is 14.5 Å². The maximum absolute atomic E-state index is 14.6. The number of halogens is 2. The summed E-state index contributed by atoms with van der Waals surface area (Å²) in [4.78, 5) is 27.7. The number of nitrogens with one attached hydrogen (secondary N) is 1. The van der Waals surface area contributed by atoms with E-state index in [0.29, 0.717) is 21.3 Å². The van der Waals surface area contributed by atoms with Crippen LogP contribution in [0.3, 0.4) is 0 Å². The molecule has 11 heteroatoms. The van der Waals surface area contributed by atoms with Crippen LogP contribution in [0.5, 0.6) is 0 Å². The molecule has 0 aliphatic carbocycles. The molecule has 2 aromatic rings. The predicted molar refractivity (Wildman–Crippen MR) is 136 cm³/mol. The second-order valence-corrected chi connectivity index (χ2v) is 10.9. The van der Waals surface area contributed by atoms with Gasteiger partial charge in [-0.1, -0.05) is 42.8 Å². The van der Waals surface area contributed by atoms with Crippen LogP contribution in [0.2, 0.25) is 5.02 Å². The summed E-state index contributed by atoms with van der Waals surface area (Å²) in [5.41, 5.74) is 0.385. The normalized spacial score (nSPS) is 13.3. The van der Waals surface area contributed by atoms with Gasteiger partial charge in [0.2, 0.25) is 11.8 Å². The van der Waals surface area contributed by atoms with E-state index in [1.807, 2.05) is 13.8 Å². The number of nitrogens with zero attached hydrogens (tertiary/aromatic N) is 3. The minimum Gasteiger partial charge on any atom is -0.352 e. The van der Waals surface area contributed by atoms with Crippen LogP contribution in [-0.4, -0.2) is 62.2 Å². The summed E-state index contributed by atoms with van der Waals surface area (Å²) in [6.07, 6.45) is 0.697. The third-order valence-corrected chi connectivity index (χ3v) is 7.59. The third-order valence-electron chi connectivity index (χ3n) is 5.55. The zero-order chi connectivity index (χ0) is 26.3. The summed E-state index contributed by atoms with van der Waals surface area (Å²) in [7, 11) is -1.65. The van der Waals surface area contributed by atoms with Gasteiger partial charge in [0.25, 0.3) is 0 Å². The topological polar surface area (TPSA) is 90.0 Å². The van der Waals surface area contributed by atoms with Crippen molar-refractivity contribution in [2.75, 3.05) is 24.9 Å². The number of anilines is 1. The van der Waals surface area contributed by atoms with Crippen molar-refractivity contribution in [2.24, 2.45) is 0 Å². The van der Waals surface area contributed by atoms with E-state index in [2.05, 4.69) is 5.32 Å². The van der Waals surface area contributed by atoms with Crippen LogP contribution in [0.4, 0.5) is 10.1 Å². The molecule has 2 aromatic carbocycles. The first kappa shape index (κ1) is 28.5. The number of para-hydroxylation sites is 1. The van der Waals surface area contributed by atoms with Gasteiger partial charge in [-0.05, 0) is 50.1 Å².